The first kappa shape index (κ1) is 24.0. The van der Waals surface area contributed by atoms with Crippen LogP contribution in [0.1, 0.15) is 63.3 Å². The molecular weight excluding hydrogens is 372 g/mol. The van der Waals surface area contributed by atoms with E-state index in [-0.39, 0.29) is 10.1 Å². The number of carbonyl (C=O) groups excluding carboxylic acids is 1. The Bertz CT molecular complexity index is 627. The summed E-state index contributed by atoms with van der Waals surface area (Å²) >= 11 is 0. The molecule has 0 saturated carbocycles. The monoisotopic (exact) mass is 410 g/mol. The number of aromatic nitrogens is 1. The Hall–Kier alpha value is -1.03. The van der Waals surface area contributed by atoms with Gasteiger partial charge in [-0.25, -0.2) is 0 Å². The molecule has 0 fully saturated rings. The van der Waals surface area contributed by atoms with E-state index in [0.29, 0.717) is 18.8 Å². The van der Waals surface area contributed by atoms with Crippen molar-refractivity contribution in [2.75, 3.05) is 0 Å². The topological polar surface area (TPSA) is 74.4 Å². The molecule has 1 aromatic heterocycles. The molecule has 0 aliphatic rings. The van der Waals surface area contributed by atoms with Crippen LogP contribution < -0.4 is 5.73 Å². The van der Waals surface area contributed by atoms with E-state index in [4.69, 9.17) is 14.6 Å². The molecule has 0 aliphatic heterocycles. The summed E-state index contributed by atoms with van der Waals surface area (Å²) in [4.78, 5) is 16.4. The molecule has 0 saturated heterocycles. The van der Waals surface area contributed by atoms with Gasteiger partial charge >= 0.3 is 0 Å². The first-order chi connectivity index (χ1) is 12.0. The predicted octanol–water partition coefficient (Wildman–Crippen LogP) is 5.22. The Balaban J connectivity index is 3.03. The van der Waals surface area contributed by atoms with Crippen LogP contribution in [0.3, 0.4) is 0 Å². The Morgan fingerprint density at radius 1 is 0.889 bits per heavy atom. The third-order valence-electron chi connectivity index (χ3n) is 5.99. The molecule has 2 N–H and O–H groups in total. The summed E-state index contributed by atoms with van der Waals surface area (Å²) in [6, 6.07) is 3.45. The molecule has 0 aliphatic carbocycles. The maximum absolute atomic E-state index is 11.8. The molecule has 0 aromatic carbocycles. The maximum Gasteiger partial charge on any atom is 0.248 e. The molecule has 1 amide bonds. The minimum Gasteiger partial charge on any atom is -0.411 e. The van der Waals surface area contributed by atoms with Crippen LogP contribution in [0.5, 0.6) is 0 Å². The SMILES string of the molecule is CC(C)(C)[Si](C)(C)OCc1cc(C(N)=O)cc(CO[Si](C)(C)C(C)(C)C)n1. The number of hydrogen-bond donors (Lipinski definition) is 1. The maximum atomic E-state index is 11.8. The standard InChI is InChI=1S/C20H38N2O3Si2/c1-19(2,3)26(7,8)24-13-16-11-15(18(21)23)12-17(22-16)14-25-27(9,10)20(4,5)6/h11-12H,13-14H2,1-10H3,(H2,21,23). The molecule has 1 rings (SSSR count). The van der Waals surface area contributed by atoms with Crippen LogP contribution in [0.25, 0.3) is 0 Å². The van der Waals surface area contributed by atoms with E-state index in [0.717, 1.165) is 11.4 Å². The van der Waals surface area contributed by atoms with Gasteiger partial charge in [0.2, 0.25) is 5.91 Å². The van der Waals surface area contributed by atoms with E-state index >= 15 is 0 Å². The molecule has 154 valence electrons. The summed E-state index contributed by atoms with van der Waals surface area (Å²) in [6.07, 6.45) is 0. The second-order valence-electron chi connectivity index (χ2n) is 10.3. The molecule has 7 heteroatoms. The first-order valence-electron chi connectivity index (χ1n) is 9.54. The fourth-order valence-corrected chi connectivity index (χ4v) is 3.77. The number of amides is 1. The lowest BCUT2D eigenvalue weighted by Crippen LogP contribution is -2.41. The van der Waals surface area contributed by atoms with E-state index < -0.39 is 22.5 Å². The zero-order valence-electron chi connectivity index (χ0n) is 18.8. The number of nitrogens with two attached hydrogens (primary N) is 1. The van der Waals surface area contributed by atoms with Crippen LogP contribution in [0.2, 0.25) is 36.3 Å². The molecule has 5 nitrogen and oxygen atoms in total. The number of nitrogens with zero attached hydrogens (tertiary/aromatic N) is 1. The molecule has 1 heterocycles. The zero-order valence-corrected chi connectivity index (χ0v) is 20.8. The third-order valence-corrected chi connectivity index (χ3v) is 14.9. The van der Waals surface area contributed by atoms with Gasteiger partial charge in [-0.3, -0.25) is 9.78 Å². The average molecular weight is 411 g/mol. The summed E-state index contributed by atoms with van der Waals surface area (Å²) in [6.45, 7) is 22.8. The second kappa shape index (κ2) is 8.15. The highest BCUT2D eigenvalue weighted by Crippen LogP contribution is 2.38. The number of hydrogen-bond acceptors (Lipinski definition) is 4. The van der Waals surface area contributed by atoms with Gasteiger partial charge in [0.05, 0.1) is 24.6 Å². The Morgan fingerprint density at radius 3 is 1.48 bits per heavy atom. The smallest absolute Gasteiger partial charge is 0.248 e. The molecule has 0 bridgehead atoms. The van der Waals surface area contributed by atoms with Crippen LogP contribution in [-0.4, -0.2) is 27.5 Å². The third kappa shape index (κ3) is 6.52. The minimum atomic E-state index is -1.90. The Labute approximate surface area is 167 Å². The van der Waals surface area contributed by atoms with Crippen LogP contribution in [-0.2, 0) is 22.1 Å². The van der Waals surface area contributed by atoms with Gasteiger partial charge in [-0.15, -0.1) is 0 Å². The van der Waals surface area contributed by atoms with Crippen molar-refractivity contribution in [3.05, 3.63) is 29.1 Å². The number of pyridine rings is 1. The van der Waals surface area contributed by atoms with Crippen LogP contribution in [0.4, 0.5) is 0 Å². The van der Waals surface area contributed by atoms with E-state index in [9.17, 15) is 4.79 Å². The largest absolute Gasteiger partial charge is 0.411 e. The van der Waals surface area contributed by atoms with Gasteiger partial charge in [0.15, 0.2) is 16.6 Å². The molecule has 0 atom stereocenters. The number of carbonyl (C=O) groups is 1. The summed E-state index contributed by atoms with van der Waals surface area (Å²) in [7, 11) is -3.81. The van der Waals surface area contributed by atoms with Crippen molar-refractivity contribution >= 4 is 22.5 Å². The number of primary amides is 1. The van der Waals surface area contributed by atoms with Crippen molar-refractivity contribution in [1.82, 2.24) is 4.98 Å². The molecule has 0 spiro atoms. The van der Waals surface area contributed by atoms with Gasteiger partial charge in [0, 0.05) is 5.56 Å². The molecule has 1 aromatic rings. The van der Waals surface area contributed by atoms with Crippen LogP contribution >= 0.6 is 0 Å². The summed E-state index contributed by atoms with van der Waals surface area (Å²) in [5.74, 6) is -0.459. The average Bonchev–Trinajstić information content (AvgIpc) is 2.48. The second-order valence-corrected chi connectivity index (χ2v) is 19.9. The summed E-state index contributed by atoms with van der Waals surface area (Å²) in [5.41, 5.74) is 7.43. The van der Waals surface area contributed by atoms with Gasteiger partial charge in [-0.1, -0.05) is 41.5 Å². The minimum absolute atomic E-state index is 0.114. The fourth-order valence-electron chi connectivity index (χ4n) is 1.88. The Morgan fingerprint density at radius 2 is 1.22 bits per heavy atom. The lowest BCUT2D eigenvalue weighted by Gasteiger charge is -2.36. The van der Waals surface area contributed by atoms with E-state index in [2.05, 4.69) is 72.7 Å². The molecule has 0 radical (unpaired) electrons. The lowest BCUT2D eigenvalue weighted by molar-refractivity contribution is 0.0999. The van der Waals surface area contributed by atoms with Crippen molar-refractivity contribution in [2.24, 2.45) is 5.73 Å². The van der Waals surface area contributed by atoms with E-state index in [1.807, 2.05) is 0 Å². The zero-order chi connectivity index (χ0) is 21.3. The van der Waals surface area contributed by atoms with Crippen molar-refractivity contribution in [1.29, 1.82) is 0 Å². The summed E-state index contributed by atoms with van der Waals surface area (Å²) < 4.78 is 12.5. The van der Waals surface area contributed by atoms with Crippen molar-refractivity contribution in [2.45, 2.75) is 91.0 Å². The highest BCUT2D eigenvalue weighted by atomic mass is 28.4. The lowest BCUT2D eigenvalue weighted by atomic mass is 10.2. The Kier molecular flexibility index (Phi) is 7.25. The highest BCUT2D eigenvalue weighted by molar-refractivity contribution is 6.74. The molecular formula is C20H38N2O3Si2. The van der Waals surface area contributed by atoms with Crippen molar-refractivity contribution < 1.29 is 13.6 Å². The van der Waals surface area contributed by atoms with Crippen LogP contribution in [0, 0.1) is 0 Å². The van der Waals surface area contributed by atoms with Crippen molar-refractivity contribution in [3.8, 4) is 0 Å². The van der Waals surface area contributed by atoms with Crippen LogP contribution in [0.15, 0.2) is 12.1 Å². The van der Waals surface area contributed by atoms with Gasteiger partial charge in [-0.2, -0.15) is 0 Å². The van der Waals surface area contributed by atoms with Gasteiger partial charge in [0.1, 0.15) is 0 Å². The van der Waals surface area contributed by atoms with Gasteiger partial charge in [0.25, 0.3) is 0 Å². The predicted molar refractivity (Wildman–Crippen MR) is 117 cm³/mol. The van der Waals surface area contributed by atoms with Crippen molar-refractivity contribution in [3.63, 3.8) is 0 Å². The quantitative estimate of drug-likeness (QED) is 0.625. The summed E-state index contributed by atoms with van der Waals surface area (Å²) in [5, 5.41) is 0.227. The van der Waals surface area contributed by atoms with E-state index in [1.165, 1.54) is 0 Å². The normalized spacial score (nSPS) is 13.7. The fraction of sp³-hybridized carbons (Fsp3) is 0.700. The van der Waals surface area contributed by atoms with Gasteiger partial charge in [-0.05, 0) is 48.4 Å². The van der Waals surface area contributed by atoms with Gasteiger partial charge < -0.3 is 14.6 Å². The highest BCUT2D eigenvalue weighted by Gasteiger charge is 2.38. The van der Waals surface area contributed by atoms with E-state index in [1.54, 1.807) is 12.1 Å². The first-order valence-corrected chi connectivity index (χ1v) is 15.4. The molecule has 0 unspecified atom stereocenters. The molecule has 27 heavy (non-hydrogen) atoms. The number of rotatable bonds is 7.